The second kappa shape index (κ2) is 24.4. The number of aliphatic hydroxyl groups excluding tert-OH is 5. The fourth-order valence-corrected chi connectivity index (χ4v) is 5.09. The largest absolute Gasteiger partial charge is 0.394 e. The van der Waals surface area contributed by atoms with Gasteiger partial charge in [-0.3, -0.25) is 4.79 Å². The van der Waals surface area contributed by atoms with Crippen molar-refractivity contribution in [3.8, 4) is 0 Å². The highest BCUT2D eigenvalue weighted by molar-refractivity contribution is 5.76. The van der Waals surface area contributed by atoms with Gasteiger partial charge in [0, 0.05) is 6.42 Å². The van der Waals surface area contributed by atoms with E-state index in [1.165, 1.54) is 51.4 Å². The molecule has 1 fully saturated rings. The number of rotatable bonds is 25. The van der Waals surface area contributed by atoms with Gasteiger partial charge in [0.05, 0.1) is 25.4 Å². The minimum Gasteiger partial charge on any atom is -0.394 e. The van der Waals surface area contributed by atoms with Gasteiger partial charge in [0.1, 0.15) is 24.4 Å². The number of amides is 1. The van der Waals surface area contributed by atoms with Crippen molar-refractivity contribution >= 4 is 5.91 Å². The van der Waals surface area contributed by atoms with Crippen molar-refractivity contribution in [2.45, 2.75) is 172 Å². The summed E-state index contributed by atoms with van der Waals surface area (Å²) in [4.78, 5) is 12.7. The van der Waals surface area contributed by atoms with E-state index in [1.54, 1.807) is 0 Å². The molecule has 242 valence electrons. The average molecular weight is 588 g/mol. The van der Waals surface area contributed by atoms with E-state index in [4.69, 9.17) is 9.47 Å². The molecule has 7 unspecified atom stereocenters. The molecular weight excluding hydrogens is 526 g/mol. The maximum Gasteiger partial charge on any atom is 0.220 e. The molecule has 0 aromatic carbocycles. The van der Waals surface area contributed by atoms with Crippen LogP contribution in [0.1, 0.15) is 129 Å². The van der Waals surface area contributed by atoms with Gasteiger partial charge in [-0.2, -0.15) is 0 Å². The molecule has 0 aliphatic carbocycles. The Morgan fingerprint density at radius 3 is 1.98 bits per heavy atom. The van der Waals surface area contributed by atoms with Gasteiger partial charge in [-0.25, -0.2) is 0 Å². The van der Waals surface area contributed by atoms with E-state index in [0.29, 0.717) is 12.8 Å². The second-order valence-corrected chi connectivity index (χ2v) is 11.6. The lowest BCUT2D eigenvalue weighted by molar-refractivity contribution is -0.302. The first-order valence-corrected chi connectivity index (χ1v) is 16.4. The van der Waals surface area contributed by atoms with Crippen molar-refractivity contribution in [3.05, 3.63) is 12.2 Å². The van der Waals surface area contributed by atoms with Crippen LogP contribution < -0.4 is 5.32 Å². The zero-order valence-electron chi connectivity index (χ0n) is 25.8. The molecule has 1 heterocycles. The number of hydrogen-bond acceptors (Lipinski definition) is 8. The highest BCUT2D eigenvalue weighted by atomic mass is 16.7. The van der Waals surface area contributed by atoms with Gasteiger partial charge in [0.15, 0.2) is 6.29 Å². The molecule has 0 saturated carbocycles. The number of allylic oxidation sites excluding steroid dienone is 2. The molecule has 1 aliphatic rings. The molecule has 0 aromatic heterocycles. The molecule has 1 amide bonds. The predicted octanol–water partition coefficient (Wildman–Crippen LogP) is 4.27. The van der Waals surface area contributed by atoms with Crippen LogP contribution in [0.2, 0.25) is 0 Å². The third-order valence-corrected chi connectivity index (χ3v) is 7.87. The molecule has 0 bridgehead atoms. The summed E-state index contributed by atoms with van der Waals surface area (Å²) in [6.45, 7) is 3.62. The van der Waals surface area contributed by atoms with E-state index in [1.807, 2.05) is 0 Å². The molecule has 41 heavy (non-hydrogen) atoms. The van der Waals surface area contributed by atoms with Gasteiger partial charge in [-0.05, 0) is 38.5 Å². The smallest absolute Gasteiger partial charge is 0.220 e. The van der Waals surface area contributed by atoms with Crippen molar-refractivity contribution in [2.24, 2.45) is 0 Å². The van der Waals surface area contributed by atoms with E-state index in [2.05, 4.69) is 31.3 Å². The number of hydrogen-bond donors (Lipinski definition) is 6. The quantitative estimate of drug-likeness (QED) is 0.0685. The molecule has 1 rings (SSSR count). The third kappa shape index (κ3) is 17.0. The molecule has 1 saturated heterocycles. The summed E-state index contributed by atoms with van der Waals surface area (Å²) in [6, 6.07) is -0.713. The van der Waals surface area contributed by atoms with E-state index < -0.39 is 49.5 Å². The van der Waals surface area contributed by atoms with Crippen molar-refractivity contribution in [3.63, 3.8) is 0 Å². The third-order valence-electron chi connectivity index (χ3n) is 7.87. The predicted molar refractivity (Wildman–Crippen MR) is 161 cm³/mol. The first-order valence-electron chi connectivity index (χ1n) is 16.4. The summed E-state index contributed by atoms with van der Waals surface area (Å²) in [5, 5.41) is 53.2. The maximum absolute atomic E-state index is 12.7. The van der Waals surface area contributed by atoms with Crippen molar-refractivity contribution < 1.29 is 39.8 Å². The zero-order valence-corrected chi connectivity index (χ0v) is 25.8. The van der Waals surface area contributed by atoms with Gasteiger partial charge in [0.25, 0.3) is 0 Å². The lowest BCUT2D eigenvalue weighted by Crippen LogP contribution is -2.60. The van der Waals surface area contributed by atoms with Gasteiger partial charge in [-0.1, -0.05) is 96.6 Å². The summed E-state index contributed by atoms with van der Waals surface area (Å²) < 4.78 is 11.0. The highest BCUT2D eigenvalue weighted by Crippen LogP contribution is 2.22. The van der Waals surface area contributed by atoms with Crippen molar-refractivity contribution in [1.29, 1.82) is 0 Å². The lowest BCUT2D eigenvalue weighted by atomic mass is 9.99. The van der Waals surface area contributed by atoms with E-state index >= 15 is 0 Å². The summed E-state index contributed by atoms with van der Waals surface area (Å²) >= 11 is 0. The highest BCUT2D eigenvalue weighted by Gasteiger charge is 2.44. The minimum atomic E-state index is -1.55. The van der Waals surface area contributed by atoms with Crippen LogP contribution in [0.5, 0.6) is 0 Å². The number of aliphatic hydroxyl groups is 5. The Morgan fingerprint density at radius 1 is 0.805 bits per heavy atom. The van der Waals surface area contributed by atoms with Crippen LogP contribution in [0.3, 0.4) is 0 Å². The van der Waals surface area contributed by atoms with Crippen LogP contribution in [-0.2, 0) is 14.3 Å². The molecule has 0 radical (unpaired) electrons. The normalized spacial score (nSPS) is 24.5. The number of unbranched alkanes of at least 4 members (excludes halogenated alkanes) is 13. The molecule has 7 atom stereocenters. The SMILES string of the molecule is CCCCCCCC/C=C\CCCCCCCC(=O)NC(COC1OC(CO)C(O)C(O)C1O)C(O)CCCCC. The summed E-state index contributed by atoms with van der Waals surface area (Å²) in [6.07, 6.45) is 15.9. The Hall–Kier alpha value is -1.07. The van der Waals surface area contributed by atoms with Crippen LogP contribution in [0, 0.1) is 0 Å². The molecule has 0 aromatic rings. The number of carbonyl (C=O) groups excluding carboxylic acids is 1. The van der Waals surface area contributed by atoms with E-state index in [0.717, 1.165) is 51.4 Å². The number of carbonyl (C=O) groups is 1. The molecule has 1 aliphatic heterocycles. The van der Waals surface area contributed by atoms with Crippen LogP contribution in [0.25, 0.3) is 0 Å². The van der Waals surface area contributed by atoms with E-state index in [-0.39, 0.29) is 12.5 Å². The molecule has 9 heteroatoms. The standard InChI is InChI=1S/C32H61NO8/c1-3-5-7-8-9-10-11-12-13-14-15-16-17-18-20-22-28(36)33-25(26(35)21-19-6-4-2)24-40-32-31(39)30(38)29(37)27(23-34)41-32/h12-13,25-27,29-32,34-35,37-39H,3-11,14-24H2,1-2H3,(H,33,36)/b13-12-. The molecule has 9 nitrogen and oxygen atoms in total. The van der Waals surface area contributed by atoms with E-state index in [9.17, 15) is 30.3 Å². The Morgan fingerprint density at radius 2 is 1.37 bits per heavy atom. The maximum atomic E-state index is 12.7. The molecular formula is C32H61NO8. The van der Waals surface area contributed by atoms with Crippen LogP contribution >= 0.6 is 0 Å². The molecule has 0 spiro atoms. The molecule has 6 N–H and O–H groups in total. The fourth-order valence-electron chi connectivity index (χ4n) is 5.09. The van der Waals surface area contributed by atoms with Gasteiger partial charge >= 0.3 is 0 Å². The van der Waals surface area contributed by atoms with Crippen LogP contribution in [0.15, 0.2) is 12.2 Å². The number of ether oxygens (including phenoxy) is 2. The van der Waals surface area contributed by atoms with Crippen LogP contribution in [0.4, 0.5) is 0 Å². The summed E-state index contributed by atoms with van der Waals surface area (Å²) in [5.74, 6) is -0.167. The topological polar surface area (TPSA) is 149 Å². The summed E-state index contributed by atoms with van der Waals surface area (Å²) in [5.41, 5.74) is 0. The monoisotopic (exact) mass is 587 g/mol. The van der Waals surface area contributed by atoms with Gasteiger partial charge in [-0.15, -0.1) is 0 Å². The minimum absolute atomic E-state index is 0.145. The summed E-state index contributed by atoms with van der Waals surface area (Å²) in [7, 11) is 0. The van der Waals surface area contributed by atoms with Crippen molar-refractivity contribution in [1.82, 2.24) is 5.32 Å². The first kappa shape index (κ1) is 38.0. The average Bonchev–Trinajstić information content (AvgIpc) is 2.96. The first-order chi connectivity index (χ1) is 19.8. The Bertz CT molecular complexity index is 662. The lowest BCUT2D eigenvalue weighted by Gasteiger charge is -2.40. The van der Waals surface area contributed by atoms with Gasteiger partial charge in [0.2, 0.25) is 5.91 Å². The van der Waals surface area contributed by atoms with Crippen LogP contribution in [-0.4, -0.2) is 87.5 Å². The Kier molecular flexibility index (Phi) is 22.6. The Labute approximate surface area is 248 Å². The Balaban J connectivity index is 2.32. The number of nitrogens with one attached hydrogen (secondary N) is 1. The fraction of sp³-hybridized carbons (Fsp3) is 0.906. The van der Waals surface area contributed by atoms with Crippen molar-refractivity contribution in [2.75, 3.05) is 13.2 Å². The van der Waals surface area contributed by atoms with Gasteiger partial charge < -0.3 is 40.3 Å². The zero-order chi connectivity index (χ0) is 30.3. The second-order valence-electron chi connectivity index (χ2n) is 11.6.